The zero-order chi connectivity index (χ0) is 14.0. The van der Waals surface area contributed by atoms with Crippen LogP contribution in [0, 0.1) is 13.8 Å². The van der Waals surface area contributed by atoms with E-state index in [1.807, 2.05) is 24.8 Å². The van der Waals surface area contributed by atoms with Crippen molar-refractivity contribution in [3.63, 3.8) is 0 Å². The van der Waals surface area contributed by atoms with Gasteiger partial charge in [0.15, 0.2) is 5.78 Å². The van der Waals surface area contributed by atoms with Crippen molar-refractivity contribution in [2.24, 2.45) is 5.73 Å². The SMILES string of the molecule is Cc1cc(C(=O)CN2CCCCC2C(N)=O)c(C)s1. The van der Waals surface area contributed by atoms with Gasteiger partial charge in [-0.2, -0.15) is 0 Å². The first-order valence-corrected chi connectivity index (χ1v) is 7.44. The Balaban J connectivity index is 2.09. The number of primary amides is 1. The number of nitrogens with zero attached hydrogens (tertiary/aromatic N) is 1. The van der Waals surface area contributed by atoms with Gasteiger partial charge in [0, 0.05) is 15.3 Å². The highest BCUT2D eigenvalue weighted by molar-refractivity contribution is 7.12. The smallest absolute Gasteiger partial charge is 0.234 e. The molecule has 1 amide bonds. The minimum Gasteiger partial charge on any atom is -0.368 e. The van der Waals surface area contributed by atoms with Crippen LogP contribution in [-0.4, -0.2) is 35.7 Å². The zero-order valence-electron chi connectivity index (χ0n) is 11.4. The molecule has 104 valence electrons. The number of hydrogen-bond donors (Lipinski definition) is 1. The number of Topliss-reactive ketones (excluding diaryl/α,β-unsaturated/α-hetero) is 1. The number of ketones is 1. The van der Waals surface area contributed by atoms with E-state index in [1.54, 1.807) is 11.3 Å². The lowest BCUT2D eigenvalue weighted by Crippen LogP contribution is -2.49. The number of rotatable bonds is 4. The maximum Gasteiger partial charge on any atom is 0.234 e. The van der Waals surface area contributed by atoms with Crippen molar-refractivity contribution in [2.75, 3.05) is 13.1 Å². The van der Waals surface area contributed by atoms with E-state index >= 15 is 0 Å². The fourth-order valence-corrected chi connectivity index (χ4v) is 3.62. The predicted octanol–water partition coefficient (Wildman–Crippen LogP) is 1.89. The van der Waals surface area contributed by atoms with Gasteiger partial charge in [0.25, 0.3) is 0 Å². The van der Waals surface area contributed by atoms with Crippen LogP contribution in [0.1, 0.15) is 39.4 Å². The molecule has 1 unspecified atom stereocenters. The normalized spacial score (nSPS) is 20.4. The molecule has 1 saturated heterocycles. The Labute approximate surface area is 117 Å². The quantitative estimate of drug-likeness (QED) is 0.857. The first-order valence-electron chi connectivity index (χ1n) is 6.62. The van der Waals surface area contributed by atoms with Crippen LogP contribution in [0.4, 0.5) is 0 Å². The second kappa shape index (κ2) is 5.84. The zero-order valence-corrected chi connectivity index (χ0v) is 12.3. The van der Waals surface area contributed by atoms with Crippen molar-refractivity contribution in [1.82, 2.24) is 4.90 Å². The minimum atomic E-state index is -0.314. The van der Waals surface area contributed by atoms with Crippen LogP contribution in [-0.2, 0) is 4.79 Å². The van der Waals surface area contributed by atoms with Crippen LogP contribution < -0.4 is 5.73 Å². The molecule has 4 nitrogen and oxygen atoms in total. The van der Waals surface area contributed by atoms with Crippen LogP contribution in [0.2, 0.25) is 0 Å². The molecule has 2 rings (SSSR count). The van der Waals surface area contributed by atoms with E-state index in [0.29, 0.717) is 6.54 Å². The Bertz CT molecular complexity index is 496. The fourth-order valence-electron chi connectivity index (χ4n) is 2.68. The molecule has 5 heteroatoms. The number of aryl methyl sites for hydroxylation is 2. The summed E-state index contributed by atoms with van der Waals surface area (Å²) in [6, 6.07) is 1.66. The average Bonchev–Trinajstić information content (AvgIpc) is 2.69. The van der Waals surface area contributed by atoms with Gasteiger partial charge in [-0.25, -0.2) is 0 Å². The number of thiophene rings is 1. The van der Waals surface area contributed by atoms with Crippen LogP contribution in [0.3, 0.4) is 0 Å². The highest BCUT2D eigenvalue weighted by Gasteiger charge is 2.29. The Morgan fingerprint density at radius 1 is 1.42 bits per heavy atom. The van der Waals surface area contributed by atoms with Gasteiger partial charge in [0.1, 0.15) is 0 Å². The summed E-state index contributed by atoms with van der Waals surface area (Å²) >= 11 is 1.64. The first-order chi connectivity index (χ1) is 8.99. The van der Waals surface area contributed by atoms with Gasteiger partial charge in [-0.15, -0.1) is 11.3 Å². The van der Waals surface area contributed by atoms with Gasteiger partial charge in [0.2, 0.25) is 5.91 Å². The van der Waals surface area contributed by atoms with Crippen LogP contribution >= 0.6 is 11.3 Å². The topological polar surface area (TPSA) is 63.4 Å². The molecule has 0 spiro atoms. The molecule has 19 heavy (non-hydrogen) atoms. The first kappa shape index (κ1) is 14.2. The summed E-state index contributed by atoms with van der Waals surface area (Å²) in [4.78, 5) is 27.9. The molecule has 1 aliphatic rings. The number of likely N-dealkylation sites (tertiary alicyclic amines) is 1. The second-order valence-electron chi connectivity index (χ2n) is 5.13. The number of amides is 1. The van der Waals surface area contributed by atoms with Crippen LogP contribution in [0.15, 0.2) is 6.07 Å². The molecule has 1 fully saturated rings. The van der Waals surface area contributed by atoms with Gasteiger partial charge in [-0.1, -0.05) is 6.42 Å². The molecule has 1 aromatic heterocycles. The van der Waals surface area contributed by atoms with Gasteiger partial charge in [-0.05, 0) is 39.3 Å². The molecule has 0 bridgehead atoms. The number of carbonyl (C=O) groups is 2. The summed E-state index contributed by atoms with van der Waals surface area (Å²) in [6.07, 6.45) is 2.80. The van der Waals surface area contributed by atoms with Gasteiger partial charge in [0.05, 0.1) is 12.6 Å². The van der Waals surface area contributed by atoms with E-state index in [9.17, 15) is 9.59 Å². The molecule has 0 radical (unpaired) electrons. The maximum atomic E-state index is 12.3. The lowest BCUT2D eigenvalue weighted by molar-refractivity contribution is -0.124. The van der Waals surface area contributed by atoms with Crippen molar-refractivity contribution in [3.05, 3.63) is 21.4 Å². The summed E-state index contributed by atoms with van der Waals surface area (Å²) in [5, 5.41) is 0. The Kier molecular flexibility index (Phi) is 4.37. The molecule has 1 aromatic rings. The third-order valence-corrected chi connectivity index (χ3v) is 4.60. The lowest BCUT2D eigenvalue weighted by Gasteiger charge is -2.32. The summed E-state index contributed by atoms with van der Waals surface area (Å²) in [5.74, 6) is -0.222. The molecular weight excluding hydrogens is 260 g/mol. The van der Waals surface area contributed by atoms with E-state index in [-0.39, 0.29) is 17.7 Å². The van der Waals surface area contributed by atoms with Crippen molar-refractivity contribution in [3.8, 4) is 0 Å². The molecule has 2 heterocycles. The summed E-state index contributed by atoms with van der Waals surface area (Å²) in [6.45, 7) is 5.04. The van der Waals surface area contributed by atoms with E-state index in [0.717, 1.165) is 41.1 Å². The third-order valence-electron chi connectivity index (χ3n) is 3.63. The van der Waals surface area contributed by atoms with Crippen molar-refractivity contribution in [2.45, 2.75) is 39.2 Å². The molecule has 1 aliphatic heterocycles. The van der Waals surface area contributed by atoms with E-state index in [2.05, 4.69) is 0 Å². The fraction of sp³-hybridized carbons (Fsp3) is 0.571. The minimum absolute atomic E-state index is 0.0926. The monoisotopic (exact) mass is 280 g/mol. The highest BCUT2D eigenvalue weighted by atomic mass is 32.1. The Hall–Kier alpha value is -1.20. The van der Waals surface area contributed by atoms with Crippen molar-refractivity contribution in [1.29, 1.82) is 0 Å². The third kappa shape index (κ3) is 3.22. The van der Waals surface area contributed by atoms with Gasteiger partial charge < -0.3 is 5.73 Å². The van der Waals surface area contributed by atoms with E-state index in [4.69, 9.17) is 5.73 Å². The van der Waals surface area contributed by atoms with E-state index < -0.39 is 0 Å². The lowest BCUT2D eigenvalue weighted by atomic mass is 10.0. The summed E-state index contributed by atoms with van der Waals surface area (Å²) in [5.41, 5.74) is 6.20. The van der Waals surface area contributed by atoms with Crippen LogP contribution in [0.25, 0.3) is 0 Å². The maximum absolute atomic E-state index is 12.3. The van der Waals surface area contributed by atoms with Gasteiger partial charge >= 0.3 is 0 Å². The van der Waals surface area contributed by atoms with Crippen molar-refractivity contribution >= 4 is 23.0 Å². The summed E-state index contributed by atoms with van der Waals surface area (Å²) < 4.78 is 0. The second-order valence-corrected chi connectivity index (χ2v) is 6.59. The molecule has 0 aliphatic carbocycles. The van der Waals surface area contributed by atoms with Crippen molar-refractivity contribution < 1.29 is 9.59 Å². The number of carbonyl (C=O) groups excluding carboxylic acids is 2. The molecular formula is C14H20N2O2S. The number of hydrogen-bond acceptors (Lipinski definition) is 4. The highest BCUT2D eigenvalue weighted by Crippen LogP contribution is 2.23. The van der Waals surface area contributed by atoms with Gasteiger partial charge in [-0.3, -0.25) is 14.5 Å². The average molecular weight is 280 g/mol. The molecule has 0 saturated carbocycles. The number of piperidine rings is 1. The molecule has 1 atom stereocenters. The standard InChI is InChI=1S/C14H20N2O2S/c1-9-7-11(10(2)19-9)13(17)8-16-6-4-3-5-12(16)14(15)18/h7,12H,3-6,8H2,1-2H3,(H2,15,18). The Morgan fingerprint density at radius 2 is 2.16 bits per heavy atom. The van der Waals surface area contributed by atoms with E-state index in [1.165, 1.54) is 0 Å². The largest absolute Gasteiger partial charge is 0.368 e. The molecule has 2 N–H and O–H groups in total. The Morgan fingerprint density at radius 3 is 2.74 bits per heavy atom. The summed E-state index contributed by atoms with van der Waals surface area (Å²) in [7, 11) is 0. The predicted molar refractivity (Wildman–Crippen MR) is 76.5 cm³/mol. The number of nitrogens with two attached hydrogens (primary N) is 1. The van der Waals surface area contributed by atoms with Crippen LogP contribution in [0.5, 0.6) is 0 Å². The molecule has 0 aromatic carbocycles.